The SMILES string of the molecule is CCC(C)NC(=O)C(CC)N(Cc1ccccc1Cl)C(=O)CN(c1cc(Cl)ccc1C)S(C)(=O)=O. The van der Waals surface area contributed by atoms with Gasteiger partial charge >= 0.3 is 0 Å². The molecule has 0 aliphatic heterocycles. The van der Waals surface area contributed by atoms with Crippen LogP contribution in [0.3, 0.4) is 0 Å². The lowest BCUT2D eigenvalue weighted by molar-refractivity contribution is -0.140. The quantitative estimate of drug-likeness (QED) is 0.443. The molecule has 2 aromatic carbocycles. The maximum absolute atomic E-state index is 13.7. The van der Waals surface area contributed by atoms with Crippen molar-refractivity contribution in [2.75, 3.05) is 17.1 Å². The monoisotopic (exact) mass is 541 g/mol. The molecular formula is C25H33Cl2N3O4S. The second-order valence-corrected chi connectivity index (χ2v) is 11.3. The highest BCUT2D eigenvalue weighted by molar-refractivity contribution is 7.92. The molecule has 2 unspecified atom stereocenters. The minimum Gasteiger partial charge on any atom is -0.352 e. The van der Waals surface area contributed by atoms with Crippen LogP contribution in [0.15, 0.2) is 42.5 Å². The van der Waals surface area contributed by atoms with Crippen molar-refractivity contribution < 1.29 is 18.0 Å². The molecule has 0 aliphatic carbocycles. The molecule has 0 saturated heterocycles. The average molecular weight is 543 g/mol. The number of carbonyl (C=O) groups excluding carboxylic acids is 2. The Bertz CT molecular complexity index is 1160. The number of nitrogens with one attached hydrogen (secondary N) is 1. The van der Waals surface area contributed by atoms with E-state index in [1.807, 2.05) is 20.8 Å². The van der Waals surface area contributed by atoms with Gasteiger partial charge in [-0.25, -0.2) is 8.42 Å². The first kappa shape index (κ1) is 28.9. The molecule has 2 atom stereocenters. The van der Waals surface area contributed by atoms with Crippen LogP contribution in [0.2, 0.25) is 10.0 Å². The molecule has 7 nitrogen and oxygen atoms in total. The van der Waals surface area contributed by atoms with Crippen LogP contribution >= 0.6 is 23.2 Å². The van der Waals surface area contributed by atoms with Crippen molar-refractivity contribution in [2.45, 2.75) is 59.2 Å². The van der Waals surface area contributed by atoms with E-state index in [1.165, 1.54) is 11.0 Å². The number of halogens is 2. The van der Waals surface area contributed by atoms with Gasteiger partial charge in [0.25, 0.3) is 0 Å². The van der Waals surface area contributed by atoms with Gasteiger partial charge in [0.05, 0.1) is 11.9 Å². The topological polar surface area (TPSA) is 86.8 Å². The van der Waals surface area contributed by atoms with E-state index in [-0.39, 0.29) is 18.5 Å². The van der Waals surface area contributed by atoms with E-state index in [9.17, 15) is 18.0 Å². The van der Waals surface area contributed by atoms with Gasteiger partial charge in [-0.15, -0.1) is 0 Å². The van der Waals surface area contributed by atoms with Gasteiger partial charge in [-0.05, 0) is 56.0 Å². The van der Waals surface area contributed by atoms with Gasteiger partial charge in [0.2, 0.25) is 21.8 Å². The Morgan fingerprint density at radius 1 is 1.06 bits per heavy atom. The van der Waals surface area contributed by atoms with Crippen molar-refractivity contribution in [3.8, 4) is 0 Å². The fraction of sp³-hybridized carbons (Fsp3) is 0.440. The van der Waals surface area contributed by atoms with Crippen molar-refractivity contribution in [3.05, 3.63) is 63.6 Å². The third-order valence-electron chi connectivity index (χ3n) is 5.80. The number of nitrogens with zero attached hydrogens (tertiary/aromatic N) is 2. The number of rotatable bonds is 11. The number of sulfonamides is 1. The van der Waals surface area contributed by atoms with Crippen LogP contribution in [-0.2, 0) is 26.2 Å². The van der Waals surface area contributed by atoms with E-state index in [1.54, 1.807) is 43.3 Å². The van der Waals surface area contributed by atoms with E-state index in [0.717, 1.165) is 17.0 Å². The van der Waals surface area contributed by atoms with Gasteiger partial charge < -0.3 is 10.2 Å². The summed E-state index contributed by atoms with van der Waals surface area (Å²) >= 11 is 12.5. The molecule has 0 fully saturated rings. The van der Waals surface area contributed by atoms with Crippen molar-refractivity contribution in [3.63, 3.8) is 0 Å². The van der Waals surface area contributed by atoms with E-state index >= 15 is 0 Å². The van der Waals surface area contributed by atoms with Gasteiger partial charge in [-0.3, -0.25) is 13.9 Å². The number of anilines is 1. The first-order valence-electron chi connectivity index (χ1n) is 11.5. The minimum absolute atomic E-state index is 0.0526. The summed E-state index contributed by atoms with van der Waals surface area (Å²) in [4.78, 5) is 28.2. The fourth-order valence-electron chi connectivity index (χ4n) is 3.62. The Hall–Kier alpha value is -2.29. The van der Waals surface area contributed by atoms with Crippen molar-refractivity contribution in [1.82, 2.24) is 10.2 Å². The summed E-state index contributed by atoms with van der Waals surface area (Å²) in [5.74, 6) is -0.826. The largest absolute Gasteiger partial charge is 0.352 e. The zero-order valence-corrected chi connectivity index (χ0v) is 23.0. The molecule has 35 heavy (non-hydrogen) atoms. The Labute approximate surface area is 218 Å². The predicted molar refractivity (Wildman–Crippen MR) is 142 cm³/mol. The van der Waals surface area contributed by atoms with Gasteiger partial charge in [-0.1, -0.05) is 61.3 Å². The fourth-order valence-corrected chi connectivity index (χ4v) is 4.88. The maximum Gasteiger partial charge on any atom is 0.244 e. The molecule has 2 amide bonds. The number of amides is 2. The Kier molecular flexibility index (Phi) is 10.4. The zero-order chi connectivity index (χ0) is 26.3. The summed E-state index contributed by atoms with van der Waals surface area (Å²) in [5, 5.41) is 3.73. The van der Waals surface area contributed by atoms with E-state index < -0.39 is 28.5 Å². The van der Waals surface area contributed by atoms with E-state index in [0.29, 0.717) is 33.3 Å². The van der Waals surface area contributed by atoms with Gasteiger partial charge in [0, 0.05) is 22.6 Å². The normalized spacial score (nSPS) is 13.1. The average Bonchev–Trinajstić information content (AvgIpc) is 2.79. The molecule has 10 heteroatoms. The third-order valence-corrected chi connectivity index (χ3v) is 7.53. The van der Waals surface area contributed by atoms with Crippen LogP contribution < -0.4 is 9.62 Å². The zero-order valence-electron chi connectivity index (χ0n) is 20.7. The van der Waals surface area contributed by atoms with Crippen LogP contribution in [0.4, 0.5) is 5.69 Å². The molecule has 2 aromatic rings. The third kappa shape index (κ3) is 7.85. The highest BCUT2D eigenvalue weighted by Crippen LogP contribution is 2.27. The summed E-state index contributed by atoms with van der Waals surface area (Å²) in [6.45, 7) is 6.95. The van der Waals surface area contributed by atoms with Crippen molar-refractivity contribution >= 4 is 50.7 Å². The second kappa shape index (κ2) is 12.6. The number of hydrogen-bond acceptors (Lipinski definition) is 4. The molecule has 0 spiro atoms. The standard InChI is InChI=1S/C25H33Cl2N3O4S/c1-6-18(4)28-25(32)22(7-2)29(15-19-10-8-9-11-21(19)27)24(31)16-30(35(5,33)34)23-14-20(26)13-12-17(23)3/h8-14,18,22H,6-7,15-16H2,1-5H3,(H,28,32). The molecule has 0 radical (unpaired) electrons. The van der Waals surface area contributed by atoms with Gasteiger partial charge in [-0.2, -0.15) is 0 Å². The Morgan fingerprint density at radius 3 is 2.29 bits per heavy atom. The summed E-state index contributed by atoms with van der Waals surface area (Å²) in [6, 6.07) is 11.0. The van der Waals surface area contributed by atoms with Crippen LogP contribution in [0, 0.1) is 6.92 Å². The van der Waals surface area contributed by atoms with Crippen LogP contribution in [0.5, 0.6) is 0 Å². The highest BCUT2D eigenvalue weighted by Gasteiger charge is 2.32. The lowest BCUT2D eigenvalue weighted by Crippen LogP contribution is -2.53. The van der Waals surface area contributed by atoms with E-state index in [2.05, 4.69) is 5.32 Å². The number of carbonyl (C=O) groups is 2. The van der Waals surface area contributed by atoms with Crippen molar-refractivity contribution in [1.29, 1.82) is 0 Å². The van der Waals surface area contributed by atoms with Crippen molar-refractivity contribution in [2.24, 2.45) is 0 Å². The van der Waals surface area contributed by atoms with Gasteiger partial charge in [0.1, 0.15) is 12.6 Å². The predicted octanol–water partition coefficient (Wildman–Crippen LogP) is 4.79. The lowest BCUT2D eigenvalue weighted by Gasteiger charge is -2.33. The van der Waals surface area contributed by atoms with Crippen LogP contribution in [-0.4, -0.2) is 50.0 Å². The molecule has 0 aliphatic rings. The first-order valence-corrected chi connectivity index (χ1v) is 14.1. The molecule has 1 N–H and O–H groups in total. The summed E-state index contributed by atoms with van der Waals surface area (Å²) < 4.78 is 26.5. The Morgan fingerprint density at radius 2 is 1.71 bits per heavy atom. The summed E-state index contributed by atoms with van der Waals surface area (Å²) in [5.41, 5.74) is 1.61. The first-order chi connectivity index (χ1) is 16.4. The number of aryl methyl sites for hydroxylation is 1. The van der Waals surface area contributed by atoms with Crippen LogP contribution in [0.1, 0.15) is 44.7 Å². The molecule has 0 aromatic heterocycles. The summed E-state index contributed by atoms with van der Waals surface area (Å²) in [6.07, 6.45) is 2.11. The lowest BCUT2D eigenvalue weighted by atomic mass is 10.1. The molecule has 192 valence electrons. The highest BCUT2D eigenvalue weighted by atomic mass is 35.5. The minimum atomic E-state index is -3.84. The Balaban J connectivity index is 2.50. The molecule has 0 bridgehead atoms. The van der Waals surface area contributed by atoms with Gasteiger partial charge in [0.15, 0.2) is 0 Å². The second-order valence-electron chi connectivity index (χ2n) is 8.56. The smallest absolute Gasteiger partial charge is 0.244 e. The molecule has 0 saturated carbocycles. The van der Waals surface area contributed by atoms with E-state index in [4.69, 9.17) is 23.2 Å². The number of benzene rings is 2. The van der Waals surface area contributed by atoms with Crippen LogP contribution in [0.25, 0.3) is 0 Å². The maximum atomic E-state index is 13.7. The molecule has 2 rings (SSSR count). The number of hydrogen-bond donors (Lipinski definition) is 1. The summed E-state index contributed by atoms with van der Waals surface area (Å²) in [7, 11) is -3.84. The molecular weight excluding hydrogens is 509 g/mol. The molecule has 0 heterocycles.